The summed E-state index contributed by atoms with van der Waals surface area (Å²) in [6.07, 6.45) is 3.76. The van der Waals surface area contributed by atoms with Gasteiger partial charge in [-0.05, 0) is 76.4 Å². The van der Waals surface area contributed by atoms with Gasteiger partial charge in [-0.3, -0.25) is 14.2 Å². The van der Waals surface area contributed by atoms with Gasteiger partial charge in [0.1, 0.15) is 5.75 Å². The van der Waals surface area contributed by atoms with Gasteiger partial charge >= 0.3 is 5.69 Å². The van der Waals surface area contributed by atoms with Crippen molar-refractivity contribution in [3.63, 3.8) is 0 Å². The molecule has 1 atom stereocenters. The monoisotopic (exact) mass is 519 g/mol. The number of aromatic amines is 1. The van der Waals surface area contributed by atoms with Crippen molar-refractivity contribution in [2.45, 2.75) is 51.1 Å². The lowest BCUT2D eigenvalue weighted by molar-refractivity contribution is -0.121. The molecule has 9 nitrogen and oxygen atoms in total. The number of amides is 2. The largest absolute Gasteiger partial charge is 0.496 e. The molecule has 0 radical (unpaired) electrons. The molecule has 1 saturated carbocycles. The van der Waals surface area contributed by atoms with Crippen molar-refractivity contribution < 1.29 is 14.3 Å². The van der Waals surface area contributed by atoms with E-state index in [0.29, 0.717) is 36.8 Å². The minimum Gasteiger partial charge on any atom is -0.496 e. The van der Waals surface area contributed by atoms with Crippen LogP contribution in [-0.4, -0.2) is 71.5 Å². The van der Waals surface area contributed by atoms with E-state index in [1.165, 1.54) is 0 Å². The molecule has 202 valence electrons. The molecule has 2 amide bonds. The summed E-state index contributed by atoms with van der Waals surface area (Å²) in [5.41, 5.74) is 3.39. The summed E-state index contributed by atoms with van der Waals surface area (Å²) in [6.45, 7) is 3.79. The SMILES string of the molecule is COc1cc(NC(=O)C2CCC(n3c(=O)[nH]c4c(C(=O)N(C)C5CCN(C)C5)cccc43)CC2)ccc1C. The molecular formula is C29H37N5O4. The van der Waals surface area contributed by atoms with E-state index < -0.39 is 0 Å². The molecule has 5 rings (SSSR count). The van der Waals surface area contributed by atoms with E-state index in [2.05, 4.69) is 22.2 Å². The number of benzene rings is 2. The molecule has 2 aliphatic rings. The average molecular weight is 520 g/mol. The number of aromatic nitrogens is 2. The van der Waals surface area contributed by atoms with Crippen LogP contribution in [0.1, 0.15) is 54.1 Å². The van der Waals surface area contributed by atoms with Gasteiger partial charge in [-0.2, -0.15) is 0 Å². The number of methoxy groups -OCH3 is 1. The Hall–Kier alpha value is -3.59. The summed E-state index contributed by atoms with van der Waals surface area (Å²) < 4.78 is 7.15. The molecule has 1 aliphatic carbocycles. The molecule has 2 fully saturated rings. The molecule has 9 heteroatoms. The number of ether oxygens (including phenoxy) is 1. The van der Waals surface area contributed by atoms with E-state index in [9.17, 15) is 14.4 Å². The first-order valence-electron chi connectivity index (χ1n) is 13.4. The third-order valence-corrected chi connectivity index (χ3v) is 8.33. The van der Waals surface area contributed by atoms with Gasteiger partial charge in [-0.1, -0.05) is 12.1 Å². The number of aryl methyl sites for hydroxylation is 1. The van der Waals surface area contributed by atoms with Crippen LogP contribution < -0.4 is 15.7 Å². The molecule has 0 spiro atoms. The maximum absolute atomic E-state index is 13.4. The molecule has 1 aliphatic heterocycles. The Morgan fingerprint density at radius 3 is 2.55 bits per heavy atom. The van der Waals surface area contributed by atoms with Crippen LogP contribution in [0.25, 0.3) is 11.0 Å². The van der Waals surface area contributed by atoms with Crippen LogP contribution in [-0.2, 0) is 4.79 Å². The van der Waals surface area contributed by atoms with E-state index in [4.69, 9.17) is 4.74 Å². The van der Waals surface area contributed by atoms with Crippen molar-refractivity contribution in [3.8, 4) is 5.75 Å². The van der Waals surface area contributed by atoms with Crippen LogP contribution in [0, 0.1) is 12.8 Å². The molecule has 38 heavy (non-hydrogen) atoms. The Bertz CT molecular complexity index is 1400. The smallest absolute Gasteiger partial charge is 0.326 e. The van der Waals surface area contributed by atoms with Crippen LogP contribution in [0.15, 0.2) is 41.2 Å². The van der Waals surface area contributed by atoms with Crippen molar-refractivity contribution in [2.75, 3.05) is 39.6 Å². The molecule has 1 saturated heterocycles. The van der Waals surface area contributed by atoms with Gasteiger partial charge in [0.2, 0.25) is 5.91 Å². The number of nitrogens with zero attached hydrogens (tertiary/aromatic N) is 3. The number of imidazole rings is 1. The number of likely N-dealkylation sites (N-methyl/N-ethyl adjacent to an activating group) is 2. The summed E-state index contributed by atoms with van der Waals surface area (Å²) in [5.74, 6) is 0.547. The zero-order valence-corrected chi connectivity index (χ0v) is 22.6. The number of para-hydroxylation sites is 1. The summed E-state index contributed by atoms with van der Waals surface area (Å²) in [7, 11) is 5.53. The highest BCUT2D eigenvalue weighted by Crippen LogP contribution is 2.34. The number of nitrogens with one attached hydrogen (secondary N) is 2. The first kappa shape index (κ1) is 26.0. The molecule has 2 aromatic carbocycles. The molecular weight excluding hydrogens is 482 g/mol. The maximum Gasteiger partial charge on any atom is 0.326 e. The number of rotatable bonds is 6. The van der Waals surface area contributed by atoms with Gasteiger partial charge < -0.3 is 24.8 Å². The van der Waals surface area contributed by atoms with Crippen LogP contribution in [0.4, 0.5) is 5.69 Å². The van der Waals surface area contributed by atoms with Gasteiger partial charge in [0.25, 0.3) is 5.91 Å². The summed E-state index contributed by atoms with van der Waals surface area (Å²) in [4.78, 5) is 46.5. The van der Waals surface area contributed by atoms with Crippen molar-refractivity contribution in [3.05, 3.63) is 58.0 Å². The second kappa shape index (κ2) is 10.6. The minimum atomic E-state index is -0.205. The predicted octanol–water partition coefficient (Wildman–Crippen LogP) is 3.79. The summed E-state index contributed by atoms with van der Waals surface area (Å²) >= 11 is 0. The number of hydrogen-bond acceptors (Lipinski definition) is 5. The van der Waals surface area contributed by atoms with Gasteiger partial charge in [-0.25, -0.2) is 4.79 Å². The van der Waals surface area contributed by atoms with Gasteiger partial charge in [0.05, 0.1) is 23.7 Å². The fraction of sp³-hybridized carbons (Fsp3) is 0.483. The highest BCUT2D eigenvalue weighted by molar-refractivity contribution is 6.05. The first-order valence-corrected chi connectivity index (χ1v) is 13.4. The highest BCUT2D eigenvalue weighted by Gasteiger charge is 2.31. The Morgan fingerprint density at radius 1 is 1.11 bits per heavy atom. The van der Waals surface area contributed by atoms with Gasteiger partial charge in [0, 0.05) is 43.3 Å². The normalized spacial score (nSPS) is 21.9. The molecule has 0 bridgehead atoms. The zero-order valence-electron chi connectivity index (χ0n) is 22.6. The van der Waals surface area contributed by atoms with Crippen molar-refractivity contribution in [1.82, 2.24) is 19.4 Å². The lowest BCUT2D eigenvalue weighted by Gasteiger charge is -2.28. The van der Waals surface area contributed by atoms with Crippen LogP contribution in [0.3, 0.4) is 0 Å². The Morgan fingerprint density at radius 2 is 1.87 bits per heavy atom. The molecule has 1 unspecified atom stereocenters. The highest BCUT2D eigenvalue weighted by atomic mass is 16.5. The topological polar surface area (TPSA) is 99.7 Å². The average Bonchev–Trinajstić information content (AvgIpc) is 3.51. The molecule has 1 aromatic heterocycles. The van der Waals surface area contributed by atoms with E-state index in [1.807, 2.05) is 44.3 Å². The maximum atomic E-state index is 13.4. The molecule has 2 heterocycles. The number of likely N-dealkylation sites (tertiary alicyclic amines) is 1. The fourth-order valence-electron chi connectivity index (χ4n) is 6.01. The fourth-order valence-corrected chi connectivity index (χ4v) is 6.01. The zero-order chi connectivity index (χ0) is 27.0. The number of hydrogen-bond donors (Lipinski definition) is 2. The number of carbonyl (C=O) groups excluding carboxylic acids is 2. The Balaban J connectivity index is 1.29. The quantitative estimate of drug-likeness (QED) is 0.516. The summed E-state index contributed by atoms with van der Waals surface area (Å²) in [6, 6.07) is 11.3. The van der Waals surface area contributed by atoms with E-state index >= 15 is 0 Å². The standard InChI is InChI=1S/C29H37N5O4/c1-18-8-11-20(16-25(18)38-4)30-27(35)19-9-12-21(13-10-19)34-24-7-5-6-23(26(24)31-29(34)37)28(36)33(3)22-14-15-32(2)17-22/h5-8,11,16,19,21-22H,9-10,12-15,17H2,1-4H3,(H,30,35)(H,31,37). The number of anilines is 1. The lowest BCUT2D eigenvalue weighted by atomic mass is 9.85. The van der Waals surface area contributed by atoms with E-state index in [1.54, 1.807) is 22.6 Å². The van der Waals surface area contributed by atoms with E-state index in [0.717, 1.165) is 42.0 Å². The van der Waals surface area contributed by atoms with Crippen molar-refractivity contribution in [1.29, 1.82) is 0 Å². The molecule has 2 N–H and O–H groups in total. The van der Waals surface area contributed by atoms with Gasteiger partial charge in [-0.15, -0.1) is 0 Å². The third kappa shape index (κ3) is 4.95. The van der Waals surface area contributed by atoms with Crippen LogP contribution in [0.2, 0.25) is 0 Å². The summed E-state index contributed by atoms with van der Waals surface area (Å²) in [5, 5.41) is 3.02. The van der Waals surface area contributed by atoms with Crippen molar-refractivity contribution >= 4 is 28.5 Å². The second-order valence-corrected chi connectivity index (χ2v) is 10.8. The Labute approximate surface area is 222 Å². The Kier molecular flexibility index (Phi) is 7.29. The van der Waals surface area contributed by atoms with Crippen LogP contribution >= 0.6 is 0 Å². The number of H-pyrrole nitrogens is 1. The minimum absolute atomic E-state index is 0.00546. The predicted molar refractivity (Wildman–Crippen MR) is 148 cm³/mol. The van der Waals surface area contributed by atoms with E-state index in [-0.39, 0.29) is 35.5 Å². The van der Waals surface area contributed by atoms with Crippen molar-refractivity contribution in [2.24, 2.45) is 5.92 Å². The number of fused-ring (bicyclic) bond motifs is 1. The lowest BCUT2D eigenvalue weighted by Crippen LogP contribution is -2.38. The third-order valence-electron chi connectivity index (χ3n) is 8.33. The van der Waals surface area contributed by atoms with Crippen LogP contribution in [0.5, 0.6) is 5.75 Å². The van der Waals surface area contributed by atoms with Gasteiger partial charge in [0.15, 0.2) is 0 Å². The first-order chi connectivity index (χ1) is 18.3. The number of carbonyl (C=O) groups is 2. The molecule has 3 aromatic rings. The second-order valence-electron chi connectivity index (χ2n) is 10.8.